The molecule has 0 aliphatic carbocycles. The first-order valence-corrected chi connectivity index (χ1v) is 2.88. The molecule has 0 aromatic carbocycles. The highest BCUT2D eigenvalue weighted by molar-refractivity contribution is 5.42. The highest BCUT2D eigenvalue weighted by atomic mass is 16.0. The molecule has 1 rings (SSSR count). The van der Waals surface area contributed by atoms with Gasteiger partial charge in [-0.15, -0.1) is 0 Å². The quantitative estimate of drug-likeness (QED) is 0.564. The van der Waals surface area contributed by atoms with Crippen molar-refractivity contribution in [3.05, 3.63) is 24.5 Å². The molecule has 0 bridgehead atoms. The number of rotatable bonds is 1. The SMILES string of the molecule is CN(C)c1ccncc1.O. The molecule has 0 radical (unpaired) electrons. The van der Waals surface area contributed by atoms with Gasteiger partial charge in [-0.2, -0.15) is 0 Å². The molecular formula is C7H12N2O. The van der Waals surface area contributed by atoms with E-state index in [1.54, 1.807) is 12.4 Å². The minimum absolute atomic E-state index is 0. The lowest BCUT2D eigenvalue weighted by Gasteiger charge is -2.10. The largest absolute Gasteiger partial charge is 0.412 e. The van der Waals surface area contributed by atoms with Gasteiger partial charge in [-0.1, -0.05) is 0 Å². The van der Waals surface area contributed by atoms with Crippen molar-refractivity contribution >= 4 is 5.69 Å². The van der Waals surface area contributed by atoms with E-state index in [0.717, 1.165) is 0 Å². The second kappa shape index (κ2) is 3.85. The molecule has 0 saturated carbocycles. The zero-order valence-corrected chi connectivity index (χ0v) is 6.20. The molecule has 0 spiro atoms. The minimum atomic E-state index is 0. The third kappa shape index (κ3) is 2.03. The van der Waals surface area contributed by atoms with Crippen LogP contribution in [0.3, 0.4) is 0 Å². The molecule has 56 valence electrons. The molecule has 0 atom stereocenters. The summed E-state index contributed by atoms with van der Waals surface area (Å²) in [5.74, 6) is 0. The van der Waals surface area contributed by atoms with Crippen molar-refractivity contribution < 1.29 is 5.48 Å². The molecule has 2 N–H and O–H groups in total. The van der Waals surface area contributed by atoms with E-state index in [-0.39, 0.29) is 5.48 Å². The molecule has 1 heterocycles. The van der Waals surface area contributed by atoms with Gasteiger partial charge >= 0.3 is 0 Å². The van der Waals surface area contributed by atoms with Crippen LogP contribution in [0.1, 0.15) is 0 Å². The van der Waals surface area contributed by atoms with Crippen LogP contribution >= 0.6 is 0 Å². The zero-order chi connectivity index (χ0) is 6.69. The third-order valence-electron chi connectivity index (χ3n) is 1.18. The van der Waals surface area contributed by atoms with E-state index < -0.39 is 0 Å². The molecular weight excluding hydrogens is 128 g/mol. The van der Waals surface area contributed by atoms with Gasteiger partial charge in [-0.05, 0) is 12.1 Å². The minimum Gasteiger partial charge on any atom is -0.412 e. The first-order valence-electron chi connectivity index (χ1n) is 2.88. The predicted molar refractivity (Wildman–Crippen MR) is 42.2 cm³/mol. The Kier molecular flexibility index (Phi) is 3.43. The smallest absolute Gasteiger partial charge is 0.0391 e. The van der Waals surface area contributed by atoms with Gasteiger partial charge in [0, 0.05) is 32.2 Å². The van der Waals surface area contributed by atoms with E-state index in [2.05, 4.69) is 4.98 Å². The van der Waals surface area contributed by atoms with Gasteiger partial charge < -0.3 is 10.4 Å². The molecule has 10 heavy (non-hydrogen) atoms. The zero-order valence-electron chi connectivity index (χ0n) is 6.20. The Bertz CT molecular complexity index is 174. The fourth-order valence-electron chi connectivity index (χ4n) is 0.642. The Balaban J connectivity index is 0.000000810. The molecule has 0 unspecified atom stereocenters. The van der Waals surface area contributed by atoms with Crippen molar-refractivity contribution in [1.82, 2.24) is 4.98 Å². The monoisotopic (exact) mass is 140 g/mol. The van der Waals surface area contributed by atoms with Crippen LogP contribution in [0, 0.1) is 0 Å². The van der Waals surface area contributed by atoms with Gasteiger partial charge in [0.05, 0.1) is 0 Å². The molecule has 0 amide bonds. The van der Waals surface area contributed by atoms with Crippen molar-refractivity contribution in [2.45, 2.75) is 0 Å². The van der Waals surface area contributed by atoms with Crippen LogP contribution in [0.2, 0.25) is 0 Å². The lowest BCUT2D eigenvalue weighted by molar-refractivity contribution is 0.824. The summed E-state index contributed by atoms with van der Waals surface area (Å²) < 4.78 is 0. The van der Waals surface area contributed by atoms with Crippen LogP contribution < -0.4 is 4.90 Å². The highest BCUT2D eigenvalue weighted by Gasteiger charge is 1.88. The van der Waals surface area contributed by atoms with E-state index >= 15 is 0 Å². The lowest BCUT2D eigenvalue weighted by atomic mass is 10.4. The van der Waals surface area contributed by atoms with Crippen LogP contribution in [0.25, 0.3) is 0 Å². The van der Waals surface area contributed by atoms with Gasteiger partial charge in [0.1, 0.15) is 0 Å². The maximum atomic E-state index is 3.90. The van der Waals surface area contributed by atoms with Crippen LogP contribution in [0.5, 0.6) is 0 Å². The Labute approximate surface area is 60.6 Å². The van der Waals surface area contributed by atoms with Crippen LogP contribution in [-0.4, -0.2) is 24.6 Å². The molecule has 1 aromatic rings. The molecule has 3 nitrogen and oxygen atoms in total. The summed E-state index contributed by atoms with van der Waals surface area (Å²) in [5.41, 5.74) is 1.19. The van der Waals surface area contributed by atoms with Gasteiger partial charge in [-0.25, -0.2) is 0 Å². The Morgan fingerprint density at radius 3 is 2.00 bits per heavy atom. The summed E-state index contributed by atoms with van der Waals surface area (Å²) in [6.07, 6.45) is 3.57. The Morgan fingerprint density at radius 2 is 1.70 bits per heavy atom. The number of aromatic nitrogens is 1. The summed E-state index contributed by atoms with van der Waals surface area (Å²) in [7, 11) is 4.02. The van der Waals surface area contributed by atoms with E-state index in [1.165, 1.54) is 5.69 Å². The van der Waals surface area contributed by atoms with Crippen molar-refractivity contribution in [2.75, 3.05) is 19.0 Å². The van der Waals surface area contributed by atoms with E-state index in [9.17, 15) is 0 Å². The van der Waals surface area contributed by atoms with Gasteiger partial charge in [0.15, 0.2) is 0 Å². The first-order chi connectivity index (χ1) is 4.30. The topological polar surface area (TPSA) is 47.6 Å². The lowest BCUT2D eigenvalue weighted by Crippen LogP contribution is -2.07. The molecule has 0 fully saturated rings. The number of pyridine rings is 1. The standard InChI is InChI=1S/C7H10N2.H2O/c1-9(2)7-3-5-8-6-4-7;/h3-6H,1-2H3;1H2. The maximum absolute atomic E-state index is 3.90. The summed E-state index contributed by atoms with van der Waals surface area (Å²) in [5, 5.41) is 0. The second-order valence-corrected chi connectivity index (χ2v) is 2.10. The molecule has 0 saturated heterocycles. The Morgan fingerprint density at radius 1 is 1.20 bits per heavy atom. The number of nitrogens with zero attached hydrogens (tertiary/aromatic N) is 2. The number of anilines is 1. The summed E-state index contributed by atoms with van der Waals surface area (Å²) in [6.45, 7) is 0. The highest BCUT2D eigenvalue weighted by Crippen LogP contribution is 2.05. The molecule has 0 aliphatic heterocycles. The Hall–Kier alpha value is -1.09. The fraction of sp³-hybridized carbons (Fsp3) is 0.286. The normalized spacial score (nSPS) is 8.20. The second-order valence-electron chi connectivity index (χ2n) is 2.10. The van der Waals surface area contributed by atoms with Crippen molar-refractivity contribution in [2.24, 2.45) is 0 Å². The first kappa shape index (κ1) is 8.91. The van der Waals surface area contributed by atoms with E-state index in [4.69, 9.17) is 0 Å². The van der Waals surface area contributed by atoms with Crippen LogP contribution in [-0.2, 0) is 0 Å². The number of hydrogen-bond acceptors (Lipinski definition) is 2. The van der Waals surface area contributed by atoms with E-state index in [1.807, 2.05) is 31.1 Å². The molecule has 3 heteroatoms. The van der Waals surface area contributed by atoms with E-state index in [0.29, 0.717) is 0 Å². The fourth-order valence-corrected chi connectivity index (χ4v) is 0.642. The van der Waals surface area contributed by atoms with Crippen LogP contribution in [0.4, 0.5) is 5.69 Å². The number of hydrogen-bond donors (Lipinski definition) is 0. The van der Waals surface area contributed by atoms with Gasteiger partial charge in [0.25, 0.3) is 0 Å². The molecule has 0 aliphatic rings. The summed E-state index contributed by atoms with van der Waals surface area (Å²) in [6, 6.07) is 3.94. The summed E-state index contributed by atoms with van der Waals surface area (Å²) in [4.78, 5) is 5.94. The van der Waals surface area contributed by atoms with Crippen molar-refractivity contribution in [1.29, 1.82) is 0 Å². The third-order valence-corrected chi connectivity index (χ3v) is 1.18. The summed E-state index contributed by atoms with van der Waals surface area (Å²) >= 11 is 0. The average Bonchev–Trinajstić information content (AvgIpc) is 1.90. The van der Waals surface area contributed by atoms with Gasteiger partial charge in [-0.3, -0.25) is 4.98 Å². The average molecular weight is 140 g/mol. The van der Waals surface area contributed by atoms with Crippen LogP contribution in [0.15, 0.2) is 24.5 Å². The van der Waals surface area contributed by atoms with Crippen molar-refractivity contribution in [3.8, 4) is 0 Å². The van der Waals surface area contributed by atoms with Crippen molar-refractivity contribution in [3.63, 3.8) is 0 Å². The van der Waals surface area contributed by atoms with Gasteiger partial charge in [0.2, 0.25) is 0 Å². The maximum Gasteiger partial charge on any atom is 0.0391 e. The predicted octanol–water partition coefficient (Wildman–Crippen LogP) is 0.323. The molecule has 1 aromatic heterocycles.